The van der Waals surface area contributed by atoms with E-state index < -0.39 is 0 Å². The Bertz CT molecular complexity index is 121. The van der Waals surface area contributed by atoms with Crippen LogP contribution < -0.4 is 5.73 Å². The molecular weight excluding hydrogens is 110 g/mol. The van der Waals surface area contributed by atoms with Gasteiger partial charge in [0.2, 0.25) is 0 Å². The monoisotopic (exact) mass is 125 g/mol. The van der Waals surface area contributed by atoms with Gasteiger partial charge < -0.3 is 5.73 Å². The minimum atomic E-state index is 0.414. The van der Waals surface area contributed by atoms with Crippen LogP contribution in [0.25, 0.3) is 0 Å². The minimum Gasteiger partial charge on any atom is -0.327 e. The second-order valence-corrected chi connectivity index (χ2v) is 2.97. The summed E-state index contributed by atoms with van der Waals surface area (Å²) in [4.78, 5) is 0. The van der Waals surface area contributed by atoms with E-state index in [2.05, 4.69) is 20.4 Å². The van der Waals surface area contributed by atoms with Gasteiger partial charge >= 0.3 is 0 Å². The van der Waals surface area contributed by atoms with E-state index in [1.807, 2.05) is 0 Å². The Hall–Kier alpha value is -0.300. The molecule has 0 bridgehead atoms. The van der Waals surface area contributed by atoms with Crippen LogP contribution in [-0.2, 0) is 0 Å². The van der Waals surface area contributed by atoms with Gasteiger partial charge in [-0.3, -0.25) is 0 Å². The van der Waals surface area contributed by atoms with Crippen LogP contribution in [0, 0.1) is 11.8 Å². The third kappa shape index (κ3) is 1.01. The zero-order valence-electron chi connectivity index (χ0n) is 6.22. The fourth-order valence-electron chi connectivity index (χ4n) is 1.37. The van der Waals surface area contributed by atoms with E-state index in [1.54, 1.807) is 0 Å². The fourth-order valence-corrected chi connectivity index (χ4v) is 1.37. The van der Waals surface area contributed by atoms with E-state index in [4.69, 9.17) is 5.73 Å². The highest BCUT2D eigenvalue weighted by Gasteiger charge is 2.44. The number of rotatable bonds is 2. The topological polar surface area (TPSA) is 26.0 Å². The van der Waals surface area contributed by atoms with Gasteiger partial charge in [-0.25, -0.2) is 0 Å². The average Bonchev–Trinajstić information content (AvgIpc) is 2.40. The summed E-state index contributed by atoms with van der Waals surface area (Å²) in [5.41, 5.74) is 7.05. The van der Waals surface area contributed by atoms with E-state index in [1.165, 1.54) is 5.57 Å². The second-order valence-electron chi connectivity index (χ2n) is 2.97. The standard InChI is InChI=1S/C8H15N/c1-4-5(2)7-6(3)8(7)9/h6-8H,2,4,9H2,1,3H3. The highest BCUT2D eigenvalue weighted by molar-refractivity contribution is 5.17. The summed E-state index contributed by atoms with van der Waals surface area (Å²) in [6.07, 6.45) is 1.09. The molecule has 0 aromatic rings. The van der Waals surface area contributed by atoms with Crippen molar-refractivity contribution in [1.29, 1.82) is 0 Å². The molecule has 0 aliphatic heterocycles. The van der Waals surface area contributed by atoms with E-state index in [0.717, 1.165) is 6.42 Å². The summed E-state index contributed by atoms with van der Waals surface area (Å²) >= 11 is 0. The second kappa shape index (κ2) is 2.14. The van der Waals surface area contributed by atoms with E-state index in [0.29, 0.717) is 17.9 Å². The molecule has 1 saturated carbocycles. The lowest BCUT2D eigenvalue weighted by Crippen LogP contribution is -2.03. The first-order chi connectivity index (χ1) is 4.18. The first kappa shape index (κ1) is 6.81. The summed E-state index contributed by atoms with van der Waals surface area (Å²) in [5.74, 6) is 1.33. The fraction of sp³-hybridized carbons (Fsp3) is 0.750. The summed E-state index contributed by atoms with van der Waals surface area (Å²) < 4.78 is 0. The molecule has 1 rings (SSSR count). The van der Waals surface area contributed by atoms with Gasteiger partial charge in [0.15, 0.2) is 0 Å². The predicted molar refractivity (Wildman–Crippen MR) is 40.1 cm³/mol. The first-order valence-corrected chi connectivity index (χ1v) is 3.61. The van der Waals surface area contributed by atoms with Crippen molar-refractivity contribution in [2.75, 3.05) is 0 Å². The van der Waals surface area contributed by atoms with Crippen molar-refractivity contribution >= 4 is 0 Å². The molecule has 9 heavy (non-hydrogen) atoms. The molecule has 0 heterocycles. The highest BCUT2D eigenvalue weighted by Crippen LogP contribution is 2.42. The highest BCUT2D eigenvalue weighted by atomic mass is 14.8. The van der Waals surface area contributed by atoms with Crippen LogP contribution in [0.4, 0.5) is 0 Å². The molecule has 3 unspecified atom stereocenters. The molecule has 1 fully saturated rings. The molecule has 0 aromatic heterocycles. The maximum atomic E-state index is 5.73. The molecule has 1 aliphatic rings. The molecule has 0 spiro atoms. The normalized spacial score (nSPS) is 40.6. The van der Waals surface area contributed by atoms with Gasteiger partial charge in [0.05, 0.1) is 0 Å². The Morgan fingerprint density at radius 2 is 2.11 bits per heavy atom. The number of hydrogen-bond acceptors (Lipinski definition) is 1. The molecule has 1 aliphatic carbocycles. The van der Waals surface area contributed by atoms with Crippen LogP contribution in [0.3, 0.4) is 0 Å². The van der Waals surface area contributed by atoms with E-state index in [-0.39, 0.29) is 0 Å². The molecule has 0 amide bonds. The summed E-state index contributed by atoms with van der Waals surface area (Å²) in [5, 5.41) is 0. The number of nitrogens with two attached hydrogens (primary N) is 1. The maximum Gasteiger partial charge on any atom is 0.0140 e. The molecule has 52 valence electrons. The minimum absolute atomic E-state index is 0.414. The molecule has 2 N–H and O–H groups in total. The van der Waals surface area contributed by atoms with Crippen molar-refractivity contribution in [2.24, 2.45) is 17.6 Å². The van der Waals surface area contributed by atoms with Crippen LogP contribution in [0.1, 0.15) is 20.3 Å². The summed E-state index contributed by atoms with van der Waals surface area (Å²) in [7, 11) is 0. The Kier molecular flexibility index (Phi) is 1.62. The number of hydrogen-bond donors (Lipinski definition) is 1. The van der Waals surface area contributed by atoms with Crippen molar-refractivity contribution < 1.29 is 0 Å². The molecule has 0 radical (unpaired) electrons. The van der Waals surface area contributed by atoms with Crippen molar-refractivity contribution in [3.05, 3.63) is 12.2 Å². The Balaban J connectivity index is 2.40. The third-order valence-corrected chi connectivity index (χ3v) is 2.37. The van der Waals surface area contributed by atoms with E-state index >= 15 is 0 Å². The lowest BCUT2D eigenvalue weighted by molar-refractivity contribution is 0.821. The predicted octanol–water partition coefficient (Wildman–Crippen LogP) is 1.55. The largest absolute Gasteiger partial charge is 0.327 e. The van der Waals surface area contributed by atoms with Crippen molar-refractivity contribution in [1.82, 2.24) is 0 Å². The van der Waals surface area contributed by atoms with Crippen LogP contribution >= 0.6 is 0 Å². The van der Waals surface area contributed by atoms with Gasteiger partial charge in [0.1, 0.15) is 0 Å². The van der Waals surface area contributed by atoms with Crippen LogP contribution in [0.5, 0.6) is 0 Å². The summed E-state index contributed by atoms with van der Waals surface area (Å²) in [6.45, 7) is 8.29. The molecule has 0 saturated heterocycles. The van der Waals surface area contributed by atoms with Gasteiger partial charge in [0.25, 0.3) is 0 Å². The van der Waals surface area contributed by atoms with Gasteiger partial charge in [-0.15, -0.1) is 0 Å². The van der Waals surface area contributed by atoms with E-state index in [9.17, 15) is 0 Å². The van der Waals surface area contributed by atoms with Crippen molar-refractivity contribution in [2.45, 2.75) is 26.3 Å². The quantitative estimate of drug-likeness (QED) is 0.557. The van der Waals surface area contributed by atoms with Crippen LogP contribution in [0.2, 0.25) is 0 Å². The van der Waals surface area contributed by atoms with Gasteiger partial charge in [-0.2, -0.15) is 0 Å². The smallest absolute Gasteiger partial charge is 0.0140 e. The molecule has 1 nitrogen and oxygen atoms in total. The van der Waals surface area contributed by atoms with Gasteiger partial charge in [-0.1, -0.05) is 26.0 Å². The van der Waals surface area contributed by atoms with Crippen LogP contribution in [0.15, 0.2) is 12.2 Å². The van der Waals surface area contributed by atoms with Crippen molar-refractivity contribution in [3.8, 4) is 0 Å². The lowest BCUT2D eigenvalue weighted by atomic mass is 10.1. The zero-order valence-corrected chi connectivity index (χ0v) is 6.22. The zero-order chi connectivity index (χ0) is 7.02. The SMILES string of the molecule is C=C(CC)C1C(C)C1N. The van der Waals surface area contributed by atoms with Crippen molar-refractivity contribution in [3.63, 3.8) is 0 Å². The first-order valence-electron chi connectivity index (χ1n) is 3.61. The van der Waals surface area contributed by atoms with Gasteiger partial charge in [0, 0.05) is 6.04 Å². The Morgan fingerprint density at radius 1 is 1.67 bits per heavy atom. The Labute approximate surface area is 56.9 Å². The molecule has 0 aromatic carbocycles. The third-order valence-electron chi connectivity index (χ3n) is 2.37. The molecule has 1 heteroatoms. The average molecular weight is 125 g/mol. The lowest BCUT2D eigenvalue weighted by Gasteiger charge is -1.96. The van der Waals surface area contributed by atoms with Gasteiger partial charge in [-0.05, 0) is 18.3 Å². The molecular formula is C8H15N. The summed E-state index contributed by atoms with van der Waals surface area (Å²) in [6, 6.07) is 0.414. The maximum absolute atomic E-state index is 5.73. The Morgan fingerprint density at radius 3 is 2.22 bits per heavy atom. The molecule has 3 atom stereocenters. The van der Waals surface area contributed by atoms with Crippen LogP contribution in [-0.4, -0.2) is 6.04 Å².